The zero-order chi connectivity index (χ0) is 14.5. The van der Waals surface area contributed by atoms with E-state index in [-0.39, 0.29) is 17.5 Å². The Kier molecular flexibility index (Phi) is 4.19. The van der Waals surface area contributed by atoms with Crippen LogP contribution in [0.2, 0.25) is 0 Å². The molecule has 0 aliphatic carbocycles. The second kappa shape index (κ2) is 6.05. The number of nitrogens with one attached hydrogen (secondary N) is 1. The Balaban J connectivity index is 1.85. The zero-order valence-electron chi connectivity index (χ0n) is 10.8. The highest BCUT2D eigenvalue weighted by atomic mass is 16.5. The number of hydrogen-bond acceptors (Lipinski definition) is 5. The molecule has 1 atom stereocenters. The summed E-state index contributed by atoms with van der Waals surface area (Å²) in [6, 6.07) is 4.67. The Morgan fingerprint density at radius 1 is 1.50 bits per heavy atom. The molecule has 7 heteroatoms. The number of carbonyl (C=O) groups excluding carboxylic acids is 1. The number of carboxylic acid groups (broad SMARTS) is 1. The molecule has 2 aromatic rings. The summed E-state index contributed by atoms with van der Waals surface area (Å²) in [6.07, 6.45) is 3.00. The van der Waals surface area contributed by atoms with Crippen LogP contribution in [0.1, 0.15) is 40.1 Å². The lowest BCUT2D eigenvalue weighted by Gasteiger charge is -2.11. The van der Waals surface area contributed by atoms with Crippen LogP contribution in [-0.2, 0) is 6.42 Å². The maximum Gasteiger partial charge on any atom is 0.374 e. The van der Waals surface area contributed by atoms with Crippen LogP contribution in [0.25, 0.3) is 0 Å². The predicted molar refractivity (Wildman–Crippen MR) is 67.4 cm³/mol. The quantitative estimate of drug-likeness (QED) is 0.833. The molecule has 20 heavy (non-hydrogen) atoms. The molecule has 0 aliphatic rings. The molecule has 2 heterocycles. The van der Waals surface area contributed by atoms with Crippen molar-refractivity contribution < 1.29 is 23.6 Å². The second-order valence-electron chi connectivity index (χ2n) is 4.37. The van der Waals surface area contributed by atoms with Crippen LogP contribution in [0.3, 0.4) is 0 Å². The highest BCUT2D eigenvalue weighted by Crippen LogP contribution is 2.07. The normalized spacial score (nSPS) is 12.1. The van der Waals surface area contributed by atoms with Crippen molar-refractivity contribution in [3.63, 3.8) is 0 Å². The highest BCUT2D eigenvalue weighted by Gasteiger charge is 2.18. The average molecular weight is 278 g/mol. The molecule has 1 amide bonds. The molecular weight excluding hydrogens is 264 g/mol. The summed E-state index contributed by atoms with van der Waals surface area (Å²) in [5.74, 6) is -1.24. The molecule has 106 valence electrons. The average Bonchev–Trinajstić information content (AvgIpc) is 3.07. The van der Waals surface area contributed by atoms with E-state index in [0.29, 0.717) is 12.8 Å². The first-order chi connectivity index (χ1) is 9.56. The lowest BCUT2D eigenvalue weighted by Crippen LogP contribution is -2.33. The van der Waals surface area contributed by atoms with E-state index in [4.69, 9.17) is 9.52 Å². The summed E-state index contributed by atoms with van der Waals surface area (Å²) >= 11 is 0. The van der Waals surface area contributed by atoms with Gasteiger partial charge in [0.1, 0.15) is 5.76 Å². The largest absolute Gasteiger partial charge is 0.475 e. The summed E-state index contributed by atoms with van der Waals surface area (Å²) in [6.45, 7) is 1.85. The van der Waals surface area contributed by atoms with E-state index >= 15 is 0 Å². The van der Waals surface area contributed by atoms with Gasteiger partial charge in [-0.1, -0.05) is 5.16 Å². The molecule has 0 saturated heterocycles. The monoisotopic (exact) mass is 278 g/mol. The molecule has 0 saturated carbocycles. The minimum absolute atomic E-state index is 0.0488. The number of amides is 1. The number of aryl methyl sites for hydroxylation is 1. The number of hydrogen-bond donors (Lipinski definition) is 2. The molecule has 0 spiro atoms. The number of aromatic carboxylic acids is 1. The van der Waals surface area contributed by atoms with Crippen molar-refractivity contribution in [3.8, 4) is 0 Å². The third kappa shape index (κ3) is 3.47. The van der Waals surface area contributed by atoms with Crippen LogP contribution in [0.5, 0.6) is 0 Å². The van der Waals surface area contributed by atoms with Crippen LogP contribution in [0.4, 0.5) is 0 Å². The van der Waals surface area contributed by atoms with Gasteiger partial charge in [-0.15, -0.1) is 0 Å². The molecule has 0 aliphatic heterocycles. The van der Waals surface area contributed by atoms with E-state index in [9.17, 15) is 9.59 Å². The van der Waals surface area contributed by atoms with E-state index in [1.54, 1.807) is 12.3 Å². The number of carboxylic acids is 1. The Hall–Kier alpha value is -2.57. The van der Waals surface area contributed by atoms with Crippen molar-refractivity contribution in [3.05, 3.63) is 41.7 Å². The van der Waals surface area contributed by atoms with Gasteiger partial charge in [-0.2, -0.15) is 0 Å². The van der Waals surface area contributed by atoms with Gasteiger partial charge in [0.05, 0.1) is 6.26 Å². The van der Waals surface area contributed by atoms with Crippen LogP contribution in [-0.4, -0.2) is 28.2 Å². The summed E-state index contributed by atoms with van der Waals surface area (Å²) in [4.78, 5) is 22.4. The molecular formula is C13H14N2O5. The molecule has 1 unspecified atom stereocenters. The Labute approximate surface area is 114 Å². The maximum absolute atomic E-state index is 11.8. The fourth-order valence-electron chi connectivity index (χ4n) is 1.67. The van der Waals surface area contributed by atoms with Crippen LogP contribution >= 0.6 is 0 Å². The van der Waals surface area contributed by atoms with Gasteiger partial charge in [0, 0.05) is 18.5 Å². The molecule has 7 nitrogen and oxygen atoms in total. The van der Waals surface area contributed by atoms with E-state index in [0.717, 1.165) is 11.8 Å². The van der Waals surface area contributed by atoms with Crippen LogP contribution in [0, 0.1) is 0 Å². The second-order valence-corrected chi connectivity index (χ2v) is 4.37. The third-order valence-electron chi connectivity index (χ3n) is 2.73. The summed E-state index contributed by atoms with van der Waals surface area (Å²) in [7, 11) is 0. The molecule has 0 aromatic carbocycles. The first-order valence-electron chi connectivity index (χ1n) is 6.09. The van der Waals surface area contributed by atoms with Gasteiger partial charge >= 0.3 is 5.97 Å². The standard InChI is InChI=1S/C13H14N2O5/c1-8(4-5-9-3-2-6-19-9)14-12(16)10-7-11(13(17)18)20-15-10/h2-3,6-8H,4-5H2,1H3,(H,14,16)(H,17,18). The highest BCUT2D eigenvalue weighted by molar-refractivity contribution is 5.94. The lowest BCUT2D eigenvalue weighted by atomic mass is 10.1. The molecule has 2 rings (SSSR count). The van der Waals surface area contributed by atoms with Crippen LogP contribution < -0.4 is 5.32 Å². The molecule has 2 N–H and O–H groups in total. The number of carbonyl (C=O) groups is 2. The Morgan fingerprint density at radius 3 is 2.90 bits per heavy atom. The minimum atomic E-state index is -1.26. The van der Waals surface area contributed by atoms with Gasteiger partial charge in [-0.3, -0.25) is 4.79 Å². The molecule has 0 radical (unpaired) electrons. The molecule has 0 bridgehead atoms. The number of aromatic nitrogens is 1. The van der Waals surface area contributed by atoms with Gasteiger partial charge in [0.25, 0.3) is 5.91 Å². The number of nitrogens with zero attached hydrogens (tertiary/aromatic N) is 1. The van der Waals surface area contributed by atoms with Gasteiger partial charge in [-0.25, -0.2) is 4.79 Å². The zero-order valence-corrected chi connectivity index (χ0v) is 10.8. The van der Waals surface area contributed by atoms with Gasteiger partial charge < -0.3 is 19.4 Å². The van der Waals surface area contributed by atoms with Gasteiger partial charge in [0.15, 0.2) is 5.69 Å². The first kappa shape index (κ1) is 13.9. The van der Waals surface area contributed by atoms with Crippen molar-refractivity contribution in [2.45, 2.75) is 25.8 Å². The smallest absolute Gasteiger partial charge is 0.374 e. The third-order valence-corrected chi connectivity index (χ3v) is 2.73. The summed E-state index contributed by atoms with van der Waals surface area (Å²) in [5, 5.41) is 14.8. The molecule has 0 fully saturated rings. The van der Waals surface area contributed by atoms with Gasteiger partial charge in [-0.05, 0) is 25.5 Å². The fourth-order valence-corrected chi connectivity index (χ4v) is 1.67. The minimum Gasteiger partial charge on any atom is -0.475 e. The summed E-state index contributed by atoms with van der Waals surface area (Å²) in [5.41, 5.74) is -0.0488. The van der Waals surface area contributed by atoms with Crippen molar-refractivity contribution in [2.75, 3.05) is 0 Å². The molecule has 2 aromatic heterocycles. The lowest BCUT2D eigenvalue weighted by molar-refractivity contribution is 0.0651. The van der Waals surface area contributed by atoms with E-state index in [2.05, 4.69) is 15.0 Å². The van der Waals surface area contributed by atoms with Crippen molar-refractivity contribution in [1.82, 2.24) is 10.5 Å². The first-order valence-corrected chi connectivity index (χ1v) is 6.09. The Bertz CT molecular complexity index is 588. The van der Waals surface area contributed by atoms with Crippen LogP contribution in [0.15, 0.2) is 33.4 Å². The number of furan rings is 1. The maximum atomic E-state index is 11.8. The fraction of sp³-hybridized carbons (Fsp3) is 0.308. The Morgan fingerprint density at radius 2 is 2.30 bits per heavy atom. The SMILES string of the molecule is CC(CCc1ccco1)NC(=O)c1cc(C(=O)O)on1. The van der Waals surface area contributed by atoms with Crippen molar-refractivity contribution in [2.24, 2.45) is 0 Å². The van der Waals surface area contributed by atoms with Gasteiger partial charge in [0.2, 0.25) is 5.76 Å². The van der Waals surface area contributed by atoms with E-state index in [1.807, 2.05) is 13.0 Å². The predicted octanol–water partition coefficient (Wildman–Crippen LogP) is 1.72. The van der Waals surface area contributed by atoms with E-state index < -0.39 is 11.9 Å². The number of rotatable bonds is 6. The van der Waals surface area contributed by atoms with Crippen molar-refractivity contribution in [1.29, 1.82) is 0 Å². The summed E-state index contributed by atoms with van der Waals surface area (Å²) < 4.78 is 9.72. The topological polar surface area (TPSA) is 106 Å². The van der Waals surface area contributed by atoms with E-state index in [1.165, 1.54) is 0 Å². The van der Waals surface area contributed by atoms with Crippen molar-refractivity contribution >= 4 is 11.9 Å².